The number of allylic oxidation sites excluding steroid dienone is 1. The maximum absolute atomic E-state index is 5.61. The van der Waals surface area contributed by atoms with Crippen LogP contribution in [0.2, 0.25) is 0 Å². The molecule has 10 heavy (non-hydrogen) atoms. The predicted octanol–water partition coefficient (Wildman–Crippen LogP) is 2.18. The zero-order chi connectivity index (χ0) is 7.98. The van der Waals surface area contributed by atoms with Gasteiger partial charge in [-0.2, -0.15) is 0 Å². The molecule has 0 rings (SSSR count). The van der Waals surface area contributed by atoms with E-state index in [1.165, 1.54) is 11.9 Å². The Morgan fingerprint density at radius 1 is 1.80 bits per heavy atom. The van der Waals surface area contributed by atoms with Gasteiger partial charge in [0.05, 0.1) is 0 Å². The van der Waals surface area contributed by atoms with Gasteiger partial charge in [-0.3, -0.25) is 0 Å². The molecule has 0 aromatic carbocycles. The molecule has 0 aliphatic rings. The Balaban J connectivity index is 3.59. The van der Waals surface area contributed by atoms with Crippen LogP contribution in [0.1, 0.15) is 20.3 Å². The molecule has 0 saturated carbocycles. The van der Waals surface area contributed by atoms with Gasteiger partial charge in [0, 0.05) is 23.1 Å². The first-order valence-electron chi connectivity index (χ1n) is 3.23. The van der Waals surface area contributed by atoms with E-state index >= 15 is 0 Å². The molecular weight excluding hydrogens is 144 g/mol. The number of hydrogen-bond donors (Lipinski definition) is 1. The summed E-state index contributed by atoms with van der Waals surface area (Å²) in [5, 5.41) is 1.83. The van der Waals surface area contributed by atoms with E-state index < -0.39 is 0 Å². The van der Waals surface area contributed by atoms with Gasteiger partial charge in [0.2, 0.25) is 0 Å². The summed E-state index contributed by atoms with van der Waals surface area (Å²) in [4.78, 5) is 0. The number of nitrogens with two attached hydrogens (primary N) is 1. The van der Waals surface area contributed by atoms with Crippen molar-refractivity contribution < 1.29 is 0 Å². The normalized spacial score (nSPS) is 12.1. The van der Waals surface area contributed by atoms with Crippen molar-refractivity contribution in [2.75, 3.05) is 0 Å². The molecule has 0 fully saturated rings. The van der Waals surface area contributed by atoms with Gasteiger partial charge in [-0.05, 0) is 19.1 Å². The summed E-state index contributed by atoms with van der Waals surface area (Å²) < 4.78 is 3.59. The first kappa shape index (κ1) is 9.56. The lowest BCUT2D eigenvalue weighted by molar-refractivity contribution is 0.639. The highest BCUT2D eigenvalue weighted by atomic mass is 32.2. The second kappa shape index (κ2) is 5.35. The van der Waals surface area contributed by atoms with Crippen molar-refractivity contribution in [3.63, 3.8) is 0 Å². The van der Waals surface area contributed by atoms with Gasteiger partial charge in [0.1, 0.15) is 0 Å². The van der Waals surface area contributed by atoms with Crippen LogP contribution in [-0.2, 0) is 0 Å². The highest BCUT2D eigenvalue weighted by Crippen LogP contribution is 2.10. The van der Waals surface area contributed by atoms with Gasteiger partial charge in [0.25, 0.3) is 0 Å². The highest BCUT2D eigenvalue weighted by Gasteiger charge is 1.94. The SMILES string of the molecule is C=NS/C=C(/N)CC(C)C. The van der Waals surface area contributed by atoms with Gasteiger partial charge >= 0.3 is 0 Å². The van der Waals surface area contributed by atoms with Gasteiger partial charge in [-0.1, -0.05) is 13.8 Å². The van der Waals surface area contributed by atoms with Crippen molar-refractivity contribution in [1.29, 1.82) is 0 Å². The Kier molecular flexibility index (Phi) is 5.12. The van der Waals surface area contributed by atoms with E-state index in [1.807, 2.05) is 5.41 Å². The fourth-order valence-corrected chi connectivity index (χ4v) is 0.931. The number of hydrogen-bond acceptors (Lipinski definition) is 3. The minimum atomic E-state index is 0.613. The lowest BCUT2D eigenvalue weighted by atomic mass is 10.1. The van der Waals surface area contributed by atoms with Crippen LogP contribution in [0, 0.1) is 5.92 Å². The fraction of sp³-hybridized carbons (Fsp3) is 0.571. The summed E-state index contributed by atoms with van der Waals surface area (Å²) in [6, 6.07) is 0. The van der Waals surface area contributed by atoms with Gasteiger partial charge < -0.3 is 5.73 Å². The molecule has 0 aliphatic carbocycles. The molecule has 3 heteroatoms. The molecule has 0 unspecified atom stereocenters. The molecule has 0 saturated heterocycles. The Bertz CT molecular complexity index is 130. The van der Waals surface area contributed by atoms with Crippen LogP contribution in [0.25, 0.3) is 0 Å². The van der Waals surface area contributed by atoms with Crippen LogP contribution in [0.3, 0.4) is 0 Å². The van der Waals surface area contributed by atoms with E-state index in [1.54, 1.807) is 0 Å². The molecule has 0 spiro atoms. The Labute approximate surface area is 66.7 Å². The largest absolute Gasteiger partial charge is 0.402 e. The van der Waals surface area contributed by atoms with E-state index in [4.69, 9.17) is 5.73 Å². The third kappa shape index (κ3) is 5.69. The lowest BCUT2D eigenvalue weighted by Gasteiger charge is -2.02. The van der Waals surface area contributed by atoms with Crippen LogP contribution in [0.15, 0.2) is 15.5 Å². The zero-order valence-electron chi connectivity index (χ0n) is 6.50. The summed E-state index contributed by atoms with van der Waals surface area (Å²) in [6.45, 7) is 7.59. The average Bonchev–Trinajstić information content (AvgIpc) is 1.82. The summed E-state index contributed by atoms with van der Waals surface area (Å²) in [6.07, 6.45) is 0.933. The summed E-state index contributed by atoms with van der Waals surface area (Å²) >= 11 is 1.29. The predicted molar refractivity (Wildman–Crippen MR) is 48.9 cm³/mol. The first-order valence-corrected chi connectivity index (χ1v) is 4.06. The molecule has 0 amide bonds. The maximum Gasteiger partial charge on any atom is 0.0166 e. The topological polar surface area (TPSA) is 38.4 Å². The molecule has 58 valence electrons. The van der Waals surface area contributed by atoms with Crippen LogP contribution >= 0.6 is 11.9 Å². The monoisotopic (exact) mass is 158 g/mol. The molecule has 0 radical (unpaired) electrons. The van der Waals surface area contributed by atoms with Crippen molar-refractivity contribution in [3.8, 4) is 0 Å². The van der Waals surface area contributed by atoms with Crippen molar-refractivity contribution in [2.24, 2.45) is 16.0 Å². The van der Waals surface area contributed by atoms with E-state index in [0.717, 1.165) is 12.1 Å². The third-order valence-corrected chi connectivity index (χ3v) is 1.48. The standard InChI is InChI=1S/C7H14N2S/c1-6(2)4-7(8)5-10-9-3/h5-6H,3-4,8H2,1-2H3/b7-5+. The molecule has 0 bridgehead atoms. The molecule has 0 aromatic heterocycles. The van der Waals surface area contributed by atoms with Crippen LogP contribution in [-0.4, -0.2) is 6.72 Å². The van der Waals surface area contributed by atoms with Gasteiger partial charge in [0.15, 0.2) is 0 Å². The number of nitrogens with zero attached hydrogens (tertiary/aromatic N) is 1. The Morgan fingerprint density at radius 2 is 2.40 bits per heavy atom. The van der Waals surface area contributed by atoms with Crippen LogP contribution in [0.5, 0.6) is 0 Å². The number of rotatable bonds is 4. The summed E-state index contributed by atoms with van der Waals surface area (Å²) in [5.74, 6) is 0.613. The molecule has 0 aliphatic heterocycles. The van der Waals surface area contributed by atoms with Crippen molar-refractivity contribution in [1.82, 2.24) is 0 Å². The smallest absolute Gasteiger partial charge is 0.0166 e. The quantitative estimate of drug-likeness (QED) is 0.503. The summed E-state index contributed by atoms with van der Waals surface area (Å²) in [7, 11) is 0. The van der Waals surface area contributed by atoms with Crippen molar-refractivity contribution >= 4 is 18.7 Å². The van der Waals surface area contributed by atoms with E-state index in [-0.39, 0.29) is 0 Å². The minimum absolute atomic E-state index is 0.613. The van der Waals surface area contributed by atoms with Crippen LogP contribution in [0.4, 0.5) is 0 Å². The molecule has 2 nitrogen and oxygen atoms in total. The highest BCUT2D eigenvalue weighted by molar-refractivity contribution is 8.00. The van der Waals surface area contributed by atoms with Gasteiger partial charge in [-0.15, -0.1) is 0 Å². The van der Waals surface area contributed by atoms with E-state index in [0.29, 0.717) is 5.92 Å². The van der Waals surface area contributed by atoms with Crippen LogP contribution < -0.4 is 5.73 Å². The second-order valence-corrected chi connectivity index (χ2v) is 3.23. The molecule has 0 aromatic rings. The lowest BCUT2D eigenvalue weighted by Crippen LogP contribution is -2.00. The first-order chi connectivity index (χ1) is 4.66. The average molecular weight is 158 g/mol. The minimum Gasteiger partial charge on any atom is -0.402 e. The van der Waals surface area contributed by atoms with Crippen molar-refractivity contribution in [3.05, 3.63) is 11.1 Å². The zero-order valence-corrected chi connectivity index (χ0v) is 7.32. The van der Waals surface area contributed by atoms with E-state index in [9.17, 15) is 0 Å². The summed E-state index contributed by atoms with van der Waals surface area (Å²) in [5.41, 5.74) is 6.50. The molecule has 2 N–H and O–H groups in total. The third-order valence-electron chi connectivity index (χ3n) is 0.923. The van der Waals surface area contributed by atoms with Crippen molar-refractivity contribution in [2.45, 2.75) is 20.3 Å². The van der Waals surface area contributed by atoms with Gasteiger partial charge in [-0.25, -0.2) is 4.40 Å². The Hall–Kier alpha value is -0.440. The fourth-order valence-electron chi connectivity index (χ4n) is 0.624. The molecular formula is C7H14N2S. The maximum atomic E-state index is 5.61. The molecule has 0 atom stereocenters. The Morgan fingerprint density at radius 3 is 2.80 bits per heavy atom. The molecule has 0 heterocycles. The van der Waals surface area contributed by atoms with E-state index in [2.05, 4.69) is 25.0 Å². The second-order valence-electron chi connectivity index (χ2n) is 2.53.